The van der Waals surface area contributed by atoms with E-state index >= 15 is 0 Å². The van der Waals surface area contributed by atoms with Crippen molar-refractivity contribution in [3.05, 3.63) is 48.0 Å². The van der Waals surface area contributed by atoms with Crippen molar-refractivity contribution in [1.29, 1.82) is 0 Å². The number of pyridine rings is 1. The summed E-state index contributed by atoms with van der Waals surface area (Å²) in [5.41, 5.74) is 2.64. The maximum absolute atomic E-state index is 5.95. The van der Waals surface area contributed by atoms with Gasteiger partial charge in [0, 0.05) is 49.3 Å². The van der Waals surface area contributed by atoms with E-state index in [1.165, 1.54) is 11.3 Å². The van der Waals surface area contributed by atoms with Gasteiger partial charge in [0.15, 0.2) is 0 Å². The third-order valence-electron chi connectivity index (χ3n) is 5.89. The molecule has 4 rings (SSSR count). The van der Waals surface area contributed by atoms with Gasteiger partial charge < -0.3 is 15.0 Å². The highest BCUT2D eigenvalue weighted by molar-refractivity contribution is 5.22. The van der Waals surface area contributed by atoms with E-state index in [4.69, 9.17) is 9.72 Å². The number of aryl methyl sites for hydroxylation is 1. The Balaban J connectivity index is 1.39. The van der Waals surface area contributed by atoms with E-state index in [1.807, 2.05) is 12.3 Å². The number of hydrogen-bond acceptors (Lipinski definition) is 6. The van der Waals surface area contributed by atoms with Gasteiger partial charge in [-0.3, -0.25) is 4.98 Å². The second-order valence-corrected chi connectivity index (χ2v) is 7.88. The number of piperidine rings is 2. The SMILES string of the molecule is Cc1ccc(C2(CN3CCC(Oc4ncccn4)CC3)CCNCC2)nc1. The molecular weight excluding hydrogens is 338 g/mol. The maximum atomic E-state index is 5.95. The standard InChI is InChI=1S/C21H29N5O/c1-17-3-4-19(25-15-17)21(7-11-22-12-8-21)16-26-13-5-18(6-14-26)27-20-23-9-2-10-24-20/h2-4,9-10,15,18,22H,5-8,11-14,16H2,1H3. The number of nitrogens with zero attached hydrogens (tertiary/aromatic N) is 4. The molecule has 0 unspecified atom stereocenters. The minimum absolute atomic E-state index is 0.162. The first-order chi connectivity index (χ1) is 13.2. The molecule has 2 aromatic rings. The van der Waals surface area contributed by atoms with Crippen LogP contribution in [-0.4, -0.2) is 58.7 Å². The van der Waals surface area contributed by atoms with Crippen LogP contribution in [0.25, 0.3) is 0 Å². The van der Waals surface area contributed by atoms with Gasteiger partial charge in [-0.15, -0.1) is 0 Å². The lowest BCUT2D eigenvalue weighted by atomic mass is 9.75. The average Bonchev–Trinajstić information content (AvgIpc) is 2.71. The lowest BCUT2D eigenvalue weighted by Gasteiger charge is -2.43. The van der Waals surface area contributed by atoms with E-state index in [1.54, 1.807) is 12.4 Å². The van der Waals surface area contributed by atoms with E-state index in [2.05, 4.69) is 39.2 Å². The molecule has 0 bridgehead atoms. The van der Waals surface area contributed by atoms with Crippen LogP contribution in [0, 0.1) is 6.92 Å². The molecule has 0 aromatic carbocycles. The Bertz CT molecular complexity index is 707. The smallest absolute Gasteiger partial charge is 0.316 e. The largest absolute Gasteiger partial charge is 0.460 e. The van der Waals surface area contributed by atoms with E-state index in [0.29, 0.717) is 6.01 Å². The second kappa shape index (κ2) is 8.31. The summed E-state index contributed by atoms with van der Waals surface area (Å²) in [6.07, 6.45) is 10.0. The van der Waals surface area contributed by atoms with Crippen molar-refractivity contribution in [2.24, 2.45) is 0 Å². The number of aromatic nitrogens is 3. The summed E-state index contributed by atoms with van der Waals surface area (Å²) in [6, 6.07) is 6.75. The molecule has 2 fully saturated rings. The molecule has 1 N–H and O–H groups in total. The molecule has 2 aliphatic heterocycles. The van der Waals surface area contributed by atoms with Gasteiger partial charge in [-0.1, -0.05) is 6.07 Å². The average molecular weight is 367 g/mol. The first-order valence-electron chi connectivity index (χ1n) is 10.0. The van der Waals surface area contributed by atoms with Crippen LogP contribution >= 0.6 is 0 Å². The number of hydrogen-bond donors (Lipinski definition) is 1. The lowest BCUT2D eigenvalue weighted by Crippen LogP contribution is -2.50. The molecule has 0 atom stereocenters. The van der Waals surface area contributed by atoms with Crippen LogP contribution in [0.15, 0.2) is 36.8 Å². The van der Waals surface area contributed by atoms with Gasteiger partial charge in [0.1, 0.15) is 6.10 Å². The highest BCUT2D eigenvalue weighted by Crippen LogP contribution is 2.34. The van der Waals surface area contributed by atoms with Crippen LogP contribution in [0.2, 0.25) is 0 Å². The minimum atomic E-state index is 0.162. The molecule has 27 heavy (non-hydrogen) atoms. The maximum Gasteiger partial charge on any atom is 0.316 e. The normalized spacial score (nSPS) is 21.1. The van der Waals surface area contributed by atoms with Gasteiger partial charge in [-0.25, -0.2) is 9.97 Å². The molecule has 2 saturated heterocycles. The van der Waals surface area contributed by atoms with Crippen LogP contribution in [0.3, 0.4) is 0 Å². The zero-order valence-electron chi connectivity index (χ0n) is 16.1. The molecule has 0 radical (unpaired) electrons. The molecule has 6 heteroatoms. The molecule has 2 aromatic heterocycles. The van der Waals surface area contributed by atoms with Crippen LogP contribution in [0.1, 0.15) is 36.9 Å². The van der Waals surface area contributed by atoms with Crippen LogP contribution in [0.5, 0.6) is 6.01 Å². The number of likely N-dealkylation sites (tertiary alicyclic amines) is 1. The molecule has 0 aliphatic carbocycles. The predicted octanol–water partition coefficient (Wildman–Crippen LogP) is 2.34. The summed E-state index contributed by atoms with van der Waals surface area (Å²) < 4.78 is 5.95. The van der Waals surface area contributed by atoms with Crippen molar-refractivity contribution >= 4 is 0 Å². The minimum Gasteiger partial charge on any atom is -0.460 e. The van der Waals surface area contributed by atoms with Crippen molar-refractivity contribution in [1.82, 2.24) is 25.2 Å². The zero-order chi connectivity index (χ0) is 18.5. The molecule has 0 spiro atoms. The van der Waals surface area contributed by atoms with Gasteiger partial charge in [-0.05, 0) is 63.4 Å². The summed E-state index contributed by atoms with van der Waals surface area (Å²) in [7, 11) is 0. The third-order valence-corrected chi connectivity index (χ3v) is 5.89. The van der Waals surface area contributed by atoms with Crippen molar-refractivity contribution in [2.45, 2.75) is 44.1 Å². The first kappa shape index (κ1) is 18.3. The van der Waals surface area contributed by atoms with Crippen LogP contribution < -0.4 is 10.1 Å². The summed E-state index contributed by atoms with van der Waals surface area (Å²) >= 11 is 0. The molecule has 144 valence electrons. The summed E-state index contributed by atoms with van der Waals surface area (Å²) in [5.74, 6) is 0. The van der Waals surface area contributed by atoms with Crippen molar-refractivity contribution in [3.8, 4) is 6.01 Å². The second-order valence-electron chi connectivity index (χ2n) is 7.88. The van der Waals surface area contributed by atoms with Crippen molar-refractivity contribution in [3.63, 3.8) is 0 Å². The summed E-state index contributed by atoms with van der Waals surface area (Å²) in [4.78, 5) is 15.8. The Morgan fingerprint density at radius 2 is 1.85 bits per heavy atom. The van der Waals surface area contributed by atoms with E-state index < -0.39 is 0 Å². The van der Waals surface area contributed by atoms with Gasteiger partial charge in [0.2, 0.25) is 0 Å². The Morgan fingerprint density at radius 3 is 2.52 bits per heavy atom. The Hall–Kier alpha value is -2.05. The van der Waals surface area contributed by atoms with E-state index in [0.717, 1.165) is 58.4 Å². The monoisotopic (exact) mass is 367 g/mol. The molecule has 6 nitrogen and oxygen atoms in total. The predicted molar refractivity (Wildman–Crippen MR) is 105 cm³/mol. The fraction of sp³-hybridized carbons (Fsp3) is 0.571. The Morgan fingerprint density at radius 1 is 1.11 bits per heavy atom. The topological polar surface area (TPSA) is 63.2 Å². The fourth-order valence-corrected chi connectivity index (χ4v) is 4.29. The summed E-state index contributed by atoms with van der Waals surface area (Å²) in [6.45, 7) is 7.43. The molecule has 0 amide bonds. The highest BCUT2D eigenvalue weighted by atomic mass is 16.5. The number of ether oxygens (including phenoxy) is 1. The summed E-state index contributed by atoms with van der Waals surface area (Å²) in [5, 5.41) is 3.51. The molecular formula is C21H29N5O. The quantitative estimate of drug-likeness (QED) is 0.875. The molecule has 0 saturated carbocycles. The lowest BCUT2D eigenvalue weighted by molar-refractivity contribution is 0.0727. The van der Waals surface area contributed by atoms with Crippen LogP contribution in [0.4, 0.5) is 0 Å². The fourth-order valence-electron chi connectivity index (χ4n) is 4.29. The highest BCUT2D eigenvalue weighted by Gasteiger charge is 2.37. The van der Waals surface area contributed by atoms with E-state index in [9.17, 15) is 0 Å². The third kappa shape index (κ3) is 4.45. The van der Waals surface area contributed by atoms with Crippen molar-refractivity contribution in [2.75, 3.05) is 32.7 Å². The van der Waals surface area contributed by atoms with Gasteiger partial charge in [0.05, 0.1) is 0 Å². The van der Waals surface area contributed by atoms with Gasteiger partial charge >= 0.3 is 6.01 Å². The number of nitrogens with one attached hydrogen (secondary N) is 1. The van der Waals surface area contributed by atoms with Crippen LogP contribution in [-0.2, 0) is 5.41 Å². The number of rotatable bonds is 5. The van der Waals surface area contributed by atoms with Gasteiger partial charge in [-0.2, -0.15) is 0 Å². The first-order valence-corrected chi connectivity index (χ1v) is 10.0. The zero-order valence-corrected chi connectivity index (χ0v) is 16.1. The Labute approximate surface area is 161 Å². The molecule has 4 heterocycles. The van der Waals surface area contributed by atoms with Crippen molar-refractivity contribution < 1.29 is 4.74 Å². The Kier molecular flexibility index (Phi) is 5.64. The molecule has 2 aliphatic rings. The van der Waals surface area contributed by atoms with Gasteiger partial charge in [0.25, 0.3) is 0 Å². The van der Waals surface area contributed by atoms with E-state index in [-0.39, 0.29) is 11.5 Å².